The van der Waals surface area contributed by atoms with Crippen LogP contribution in [0, 0.1) is 0 Å². The summed E-state index contributed by atoms with van der Waals surface area (Å²) < 4.78 is 10.7. The molecule has 1 fully saturated rings. The molecule has 200 valence electrons. The number of rotatable bonds is 7. The van der Waals surface area contributed by atoms with Gasteiger partial charge < -0.3 is 29.8 Å². The number of carbonyl (C=O) groups excluding carboxylic acids is 3. The molecule has 1 saturated heterocycles. The standard InChI is InChI=1S/C27H31N5O6/c1-27(2,16-31-10-12-32(13-11-31)26(36)18-4-7-20(33)8-5-18)30-25(35)24(34)29-19-6-9-21(22(14-19)37-3)23-15-28-17-38-23/h4-9,14-15,17,33H,10-13,16H2,1-3H3,(H,29,34)(H,30,35). The second-order valence-electron chi connectivity index (χ2n) is 9.69. The lowest BCUT2D eigenvalue weighted by Gasteiger charge is -2.39. The van der Waals surface area contributed by atoms with Crippen LogP contribution in [0.2, 0.25) is 0 Å². The second kappa shape index (κ2) is 11.3. The molecule has 0 aliphatic carbocycles. The van der Waals surface area contributed by atoms with Crippen LogP contribution in [0.25, 0.3) is 11.3 Å². The molecule has 1 aliphatic rings. The van der Waals surface area contributed by atoms with E-state index in [9.17, 15) is 19.5 Å². The van der Waals surface area contributed by atoms with E-state index in [4.69, 9.17) is 9.15 Å². The fourth-order valence-corrected chi connectivity index (χ4v) is 4.37. The molecular formula is C27H31N5O6. The van der Waals surface area contributed by atoms with Gasteiger partial charge in [0.2, 0.25) is 0 Å². The first-order valence-corrected chi connectivity index (χ1v) is 12.2. The number of amides is 3. The Labute approximate surface area is 220 Å². The van der Waals surface area contributed by atoms with Crippen LogP contribution in [0.5, 0.6) is 11.5 Å². The molecule has 0 unspecified atom stereocenters. The maximum Gasteiger partial charge on any atom is 0.313 e. The number of nitrogens with one attached hydrogen (secondary N) is 2. The number of anilines is 1. The number of ether oxygens (including phenoxy) is 1. The van der Waals surface area contributed by atoms with E-state index in [1.807, 2.05) is 13.8 Å². The van der Waals surface area contributed by atoms with E-state index < -0.39 is 17.4 Å². The number of phenols is 1. The van der Waals surface area contributed by atoms with Crippen molar-refractivity contribution >= 4 is 23.4 Å². The molecule has 0 saturated carbocycles. The average molecular weight is 522 g/mol. The molecule has 3 N–H and O–H groups in total. The lowest BCUT2D eigenvalue weighted by Crippen LogP contribution is -2.57. The van der Waals surface area contributed by atoms with Gasteiger partial charge >= 0.3 is 11.8 Å². The molecule has 0 bridgehead atoms. The van der Waals surface area contributed by atoms with Crippen LogP contribution in [-0.4, -0.2) is 83.0 Å². The summed E-state index contributed by atoms with van der Waals surface area (Å²) in [4.78, 5) is 45.8. The van der Waals surface area contributed by atoms with Crippen molar-refractivity contribution in [2.24, 2.45) is 0 Å². The highest BCUT2D eigenvalue weighted by atomic mass is 16.5. The molecule has 2 aromatic carbocycles. The largest absolute Gasteiger partial charge is 0.508 e. The summed E-state index contributed by atoms with van der Waals surface area (Å²) in [5, 5.41) is 14.8. The molecule has 4 rings (SSSR count). The number of oxazole rings is 1. The molecule has 38 heavy (non-hydrogen) atoms. The Morgan fingerprint density at radius 3 is 2.39 bits per heavy atom. The third-order valence-corrected chi connectivity index (χ3v) is 6.21. The fourth-order valence-electron chi connectivity index (χ4n) is 4.37. The summed E-state index contributed by atoms with van der Waals surface area (Å²) in [5.74, 6) is -0.538. The van der Waals surface area contributed by atoms with E-state index >= 15 is 0 Å². The Morgan fingerprint density at radius 2 is 1.76 bits per heavy atom. The molecule has 3 aromatic rings. The van der Waals surface area contributed by atoms with Crippen molar-refractivity contribution in [2.75, 3.05) is 45.2 Å². The van der Waals surface area contributed by atoms with E-state index in [-0.39, 0.29) is 11.7 Å². The topological polar surface area (TPSA) is 137 Å². The Hall–Kier alpha value is -4.38. The van der Waals surface area contributed by atoms with Crippen LogP contribution in [0.4, 0.5) is 5.69 Å². The smallest absolute Gasteiger partial charge is 0.313 e. The molecule has 0 spiro atoms. The van der Waals surface area contributed by atoms with Crippen LogP contribution in [0.3, 0.4) is 0 Å². The van der Waals surface area contributed by atoms with Gasteiger partial charge in [0.15, 0.2) is 12.2 Å². The third kappa shape index (κ3) is 6.48. The molecule has 1 aromatic heterocycles. The molecule has 0 radical (unpaired) electrons. The van der Waals surface area contributed by atoms with E-state index in [1.165, 1.54) is 25.6 Å². The number of benzene rings is 2. The maximum absolute atomic E-state index is 12.7. The van der Waals surface area contributed by atoms with Crippen molar-refractivity contribution in [3.8, 4) is 22.8 Å². The van der Waals surface area contributed by atoms with Gasteiger partial charge in [0.05, 0.1) is 18.9 Å². The van der Waals surface area contributed by atoms with Crippen LogP contribution in [0.15, 0.2) is 59.5 Å². The zero-order chi connectivity index (χ0) is 27.3. The summed E-state index contributed by atoms with van der Waals surface area (Å²) in [5.41, 5.74) is 0.904. The van der Waals surface area contributed by atoms with E-state index in [0.29, 0.717) is 61.0 Å². The van der Waals surface area contributed by atoms with Gasteiger partial charge in [-0.2, -0.15) is 0 Å². The summed E-state index contributed by atoms with van der Waals surface area (Å²) in [7, 11) is 1.50. The lowest BCUT2D eigenvalue weighted by atomic mass is 10.0. The molecule has 3 amide bonds. The molecular weight excluding hydrogens is 490 g/mol. The van der Waals surface area contributed by atoms with Crippen molar-refractivity contribution in [1.29, 1.82) is 0 Å². The normalized spacial score (nSPS) is 14.1. The minimum Gasteiger partial charge on any atom is -0.508 e. The molecule has 2 heterocycles. The molecule has 0 atom stereocenters. The number of nitrogens with zero attached hydrogens (tertiary/aromatic N) is 3. The van der Waals surface area contributed by atoms with E-state index in [1.54, 1.807) is 41.4 Å². The summed E-state index contributed by atoms with van der Waals surface area (Å²) in [6.45, 7) is 6.54. The van der Waals surface area contributed by atoms with Crippen molar-refractivity contribution in [3.63, 3.8) is 0 Å². The molecule has 11 heteroatoms. The van der Waals surface area contributed by atoms with Gasteiger partial charge in [-0.05, 0) is 50.2 Å². The number of aromatic hydroxyl groups is 1. The molecule has 11 nitrogen and oxygen atoms in total. The van der Waals surface area contributed by atoms with Crippen molar-refractivity contribution in [2.45, 2.75) is 19.4 Å². The van der Waals surface area contributed by atoms with Crippen molar-refractivity contribution in [1.82, 2.24) is 20.1 Å². The zero-order valence-electron chi connectivity index (χ0n) is 21.6. The molecule has 1 aliphatic heterocycles. The SMILES string of the molecule is COc1cc(NC(=O)C(=O)NC(C)(C)CN2CCN(C(=O)c3ccc(O)cc3)CC2)ccc1-c1cnco1. The van der Waals surface area contributed by atoms with Gasteiger partial charge in [-0.25, -0.2) is 4.98 Å². The highest BCUT2D eigenvalue weighted by Crippen LogP contribution is 2.32. The quantitative estimate of drug-likeness (QED) is 0.403. The summed E-state index contributed by atoms with van der Waals surface area (Å²) in [6, 6.07) is 11.2. The predicted octanol–water partition coefficient (Wildman–Crippen LogP) is 2.35. The Morgan fingerprint density at radius 1 is 1.05 bits per heavy atom. The number of aromatic nitrogens is 1. The van der Waals surface area contributed by atoms with Gasteiger partial charge in [-0.1, -0.05) is 0 Å². The average Bonchev–Trinajstić information content (AvgIpc) is 3.43. The number of phenolic OH excluding ortho intramolecular Hbond substituents is 1. The number of carbonyl (C=O) groups is 3. The van der Waals surface area contributed by atoms with Crippen molar-refractivity contribution in [3.05, 3.63) is 60.6 Å². The fraction of sp³-hybridized carbons (Fsp3) is 0.333. The lowest BCUT2D eigenvalue weighted by molar-refractivity contribution is -0.137. The summed E-state index contributed by atoms with van der Waals surface area (Å²) >= 11 is 0. The minimum absolute atomic E-state index is 0.0839. The Bertz CT molecular complexity index is 1280. The Balaban J connectivity index is 1.28. The van der Waals surface area contributed by atoms with Gasteiger partial charge in [-0.15, -0.1) is 0 Å². The van der Waals surface area contributed by atoms with Gasteiger partial charge in [0.25, 0.3) is 5.91 Å². The number of methoxy groups -OCH3 is 1. The van der Waals surface area contributed by atoms with Crippen LogP contribution in [0.1, 0.15) is 24.2 Å². The number of hydrogen-bond donors (Lipinski definition) is 3. The first kappa shape index (κ1) is 26.7. The maximum atomic E-state index is 12.7. The van der Waals surface area contributed by atoms with Crippen LogP contribution in [-0.2, 0) is 9.59 Å². The van der Waals surface area contributed by atoms with E-state index in [2.05, 4.69) is 20.5 Å². The van der Waals surface area contributed by atoms with Crippen molar-refractivity contribution < 1.29 is 28.6 Å². The highest BCUT2D eigenvalue weighted by molar-refractivity contribution is 6.39. The highest BCUT2D eigenvalue weighted by Gasteiger charge is 2.30. The van der Waals surface area contributed by atoms with Gasteiger partial charge in [0, 0.05) is 55.6 Å². The van der Waals surface area contributed by atoms with E-state index in [0.717, 1.165) is 0 Å². The van der Waals surface area contributed by atoms with Crippen LogP contribution >= 0.6 is 0 Å². The first-order chi connectivity index (χ1) is 18.1. The van der Waals surface area contributed by atoms with Gasteiger partial charge in [0.1, 0.15) is 11.5 Å². The first-order valence-electron chi connectivity index (χ1n) is 12.2. The Kier molecular flexibility index (Phi) is 7.96. The summed E-state index contributed by atoms with van der Waals surface area (Å²) in [6.07, 6.45) is 2.87. The van der Waals surface area contributed by atoms with Crippen LogP contribution < -0.4 is 15.4 Å². The zero-order valence-corrected chi connectivity index (χ0v) is 21.6. The second-order valence-corrected chi connectivity index (χ2v) is 9.69. The third-order valence-electron chi connectivity index (χ3n) is 6.21. The van der Waals surface area contributed by atoms with Gasteiger partial charge in [-0.3, -0.25) is 19.3 Å². The predicted molar refractivity (Wildman–Crippen MR) is 140 cm³/mol. The number of hydrogen-bond acceptors (Lipinski definition) is 8. The number of piperazine rings is 1. The monoisotopic (exact) mass is 521 g/mol. The minimum atomic E-state index is -0.795.